The molecule has 0 spiro atoms. The first-order valence-corrected chi connectivity index (χ1v) is 3.41. The number of hydrogen-bond acceptors (Lipinski definition) is 2. The van der Waals surface area contributed by atoms with Gasteiger partial charge in [-0.2, -0.15) is 0 Å². The molecule has 0 fully saturated rings. The van der Waals surface area contributed by atoms with Gasteiger partial charge in [0.05, 0.1) is 6.61 Å². The molecule has 0 saturated heterocycles. The highest BCUT2D eigenvalue weighted by atomic mass is 16.5. The maximum atomic E-state index is 10.9. The van der Waals surface area contributed by atoms with Gasteiger partial charge in [-0.05, 0) is 6.92 Å². The Labute approximate surface area is 65.4 Å². The van der Waals surface area contributed by atoms with Crippen LogP contribution >= 0.6 is 0 Å². The number of rotatable bonds is 3. The highest BCUT2D eigenvalue weighted by Gasteiger charge is 2.06. The zero-order valence-corrected chi connectivity index (χ0v) is 6.68. The molecule has 60 valence electrons. The molecule has 0 saturated carbocycles. The number of ketones is 1. The molecule has 0 atom stereocenters. The molecular weight excluding hydrogens is 142 g/mol. The molecule has 0 unspecified atom stereocenters. The van der Waals surface area contributed by atoms with Crippen molar-refractivity contribution in [3.8, 4) is 0 Å². The molecule has 1 aromatic heterocycles. The Hall–Kier alpha value is -1.09. The minimum atomic E-state index is 0.0679. The number of ether oxygens (including phenoxy) is 1. The molecule has 0 aliphatic carbocycles. The Bertz CT molecular complexity index is 252. The largest absolute Gasteiger partial charge is 0.380 e. The average Bonchev–Trinajstić information content (AvgIpc) is 2.36. The van der Waals surface area contributed by atoms with Gasteiger partial charge in [-0.1, -0.05) is 0 Å². The third-order valence-corrected chi connectivity index (χ3v) is 1.51. The lowest BCUT2D eigenvalue weighted by Crippen LogP contribution is -1.96. The molecule has 1 heterocycles. The van der Waals surface area contributed by atoms with Gasteiger partial charge < -0.3 is 9.72 Å². The van der Waals surface area contributed by atoms with Crippen molar-refractivity contribution in [2.75, 3.05) is 7.11 Å². The maximum Gasteiger partial charge on any atom is 0.161 e. The molecule has 11 heavy (non-hydrogen) atoms. The molecule has 0 bridgehead atoms. The van der Waals surface area contributed by atoms with Gasteiger partial charge in [-0.3, -0.25) is 4.79 Å². The normalized spacial score (nSPS) is 10.0. The molecule has 3 heteroatoms. The first-order valence-electron chi connectivity index (χ1n) is 3.41. The van der Waals surface area contributed by atoms with Gasteiger partial charge in [0.25, 0.3) is 0 Å². The summed E-state index contributed by atoms with van der Waals surface area (Å²) in [7, 11) is 1.61. The standard InChI is InChI=1S/C8H11NO2/c1-6(10)8-4-9-3-7(8)5-11-2/h3-4,9H,5H2,1-2H3. The Kier molecular flexibility index (Phi) is 2.44. The van der Waals surface area contributed by atoms with Crippen LogP contribution in [0.2, 0.25) is 0 Å². The number of aromatic nitrogens is 1. The van der Waals surface area contributed by atoms with Gasteiger partial charge in [-0.25, -0.2) is 0 Å². The summed E-state index contributed by atoms with van der Waals surface area (Å²) in [5, 5.41) is 0. The summed E-state index contributed by atoms with van der Waals surface area (Å²) in [5.74, 6) is 0.0679. The fourth-order valence-electron chi connectivity index (χ4n) is 0.999. The highest BCUT2D eigenvalue weighted by molar-refractivity contribution is 5.95. The number of hydrogen-bond donors (Lipinski definition) is 1. The summed E-state index contributed by atoms with van der Waals surface area (Å²) in [6.07, 6.45) is 3.47. The van der Waals surface area contributed by atoms with Gasteiger partial charge in [0.2, 0.25) is 0 Å². The molecule has 0 amide bonds. The van der Waals surface area contributed by atoms with E-state index >= 15 is 0 Å². The minimum Gasteiger partial charge on any atom is -0.380 e. The summed E-state index contributed by atoms with van der Waals surface area (Å²) in [6, 6.07) is 0. The molecule has 3 nitrogen and oxygen atoms in total. The topological polar surface area (TPSA) is 42.1 Å². The van der Waals surface area contributed by atoms with Gasteiger partial charge >= 0.3 is 0 Å². The minimum absolute atomic E-state index is 0.0679. The molecule has 1 aromatic rings. The Morgan fingerprint density at radius 2 is 2.36 bits per heavy atom. The zero-order valence-electron chi connectivity index (χ0n) is 6.68. The fraction of sp³-hybridized carbons (Fsp3) is 0.375. The SMILES string of the molecule is COCc1c[nH]cc1C(C)=O. The second-order valence-corrected chi connectivity index (χ2v) is 2.38. The van der Waals surface area contributed by atoms with Crippen LogP contribution in [0.4, 0.5) is 0 Å². The van der Waals surface area contributed by atoms with Crippen LogP contribution in [0.5, 0.6) is 0 Å². The monoisotopic (exact) mass is 153 g/mol. The number of aromatic amines is 1. The van der Waals surface area contributed by atoms with E-state index in [2.05, 4.69) is 4.98 Å². The number of nitrogens with one attached hydrogen (secondary N) is 1. The van der Waals surface area contributed by atoms with E-state index in [9.17, 15) is 4.79 Å². The summed E-state index contributed by atoms with van der Waals surface area (Å²) in [5.41, 5.74) is 1.63. The summed E-state index contributed by atoms with van der Waals surface area (Å²) in [4.78, 5) is 13.8. The molecule has 0 radical (unpaired) electrons. The number of carbonyl (C=O) groups is 1. The fourth-order valence-corrected chi connectivity index (χ4v) is 0.999. The summed E-state index contributed by atoms with van der Waals surface area (Å²) >= 11 is 0. The van der Waals surface area contributed by atoms with E-state index in [0.717, 1.165) is 5.56 Å². The van der Waals surface area contributed by atoms with Crippen LogP contribution in [-0.4, -0.2) is 17.9 Å². The van der Waals surface area contributed by atoms with Crippen molar-refractivity contribution in [1.29, 1.82) is 0 Å². The quantitative estimate of drug-likeness (QED) is 0.666. The first kappa shape index (κ1) is 8.01. The lowest BCUT2D eigenvalue weighted by atomic mass is 10.1. The second-order valence-electron chi connectivity index (χ2n) is 2.38. The predicted molar refractivity (Wildman–Crippen MR) is 41.5 cm³/mol. The van der Waals surface area contributed by atoms with Gasteiger partial charge in [0.15, 0.2) is 5.78 Å². The molecule has 0 aromatic carbocycles. The predicted octanol–water partition coefficient (Wildman–Crippen LogP) is 1.36. The zero-order chi connectivity index (χ0) is 8.27. The molecule has 0 aliphatic heterocycles. The van der Waals surface area contributed by atoms with Gasteiger partial charge in [0.1, 0.15) is 0 Å². The van der Waals surface area contributed by atoms with Crippen LogP contribution in [-0.2, 0) is 11.3 Å². The van der Waals surface area contributed by atoms with E-state index in [0.29, 0.717) is 12.2 Å². The van der Waals surface area contributed by atoms with Crippen molar-refractivity contribution in [2.45, 2.75) is 13.5 Å². The average molecular weight is 153 g/mol. The summed E-state index contributed by atoms with van der Waals surface area (Å²) < 4.78 is 4.90. The number of methoxy groups -OCH3 is 1. The smallest absolute Gasteiger partial charge is 0.161 e. The van der Waals surface area contributed by atoms with Crippen LogP contribution in [0, 0.1) is 0 Å². The second kappa shape index (κ2) is 3.34. The van der Waals surface area contributed by atoms with Gasteiger partial charge in [0, 0.05) is 30.6 Å². The lowest BCUT2D eigenvalue weighted by molar-refractivity contribution is 0.101. The Morgan fingerprint density at radius 1 is 1.64 bits per heavy atom. The van der Waals surface area contributed by atoms with Crippen molar-refractivity contribution in [3.63, 3.8) is 0 Å². The summed E-state index contributed by atoms with van der Waals surface area (Å²) in [6.45, 7) is 2.03. The van der Waals surface area contributed by atoms with Crippen LogP contribution in [0.3, 0.4) is 0 Å². The molecule has 1 rings (SSSR count). The highest BCUT2D eigenvalue weighted by Crippen LogP contribution is 2.08. The third kappa shape index (κ3) is 1.68. The van der Waals surface area contributed by atoms with Gasteiger partial charge in [-0.15, -0.1) is 0 Å². The van der Waals surface area contributed by atoms with Crippen LogP contribution in [0.25, 0.3) is 0 Å². The van der Waals surface area contributed by atoms with Crippen molar-refractivity contribution in [3.05, 3.63) is 23.5 Å². The van der Waals surface area contributed by atoms with E-state index in [-0.39, 0.29) is 5.78 Å². The molecular formula is C8H11NO2. The lowest BCUT2D eigenvalue weighted by Gasteiger charge is -1.96. The van der Waals surface area contributed by atoms with Crippen molar-refractivity contribution >= 4 is 5.78 Å². The van der Waals surface area contributed by atoms with Crippen molar-refractivity contribution in [2.24, 2.45) is 0 Å². The first-order chi connectivity index (χ1) is 5.25. The number of Topliss-reactive ketones (excluding diaryl/α,β-unsaturated/α-hetero) is 1. The Balaban J connectivity index is 2.87. The molecule has 0 aliphatic rings. The van der Waals surface area contributed by atoms with E-state index < -0.39 is 0 Å². The van der Waals surface area contributed by atoms with E-state index in [1.807, 2.05) is 0 Å². The van der Waals surface area contributed by atoms with E-state index in [1.54, 1.807) is 26.4 Å². The number of H-pyrrole nitrogens is 1. The van der Waals surface area contributed by atoms with E-state index in [1.165, 1.54) is 0 Å². The number of carbonyl (C=O) groups excluding carboxylic acids is 1. The maximum absolute atomic E-state index is 10.9. The molecule has 1 N–H and O–H groups in total. The van der Waals surface area contributed by atoms with Crippen LogP contribution < -0.4 is 0 Å². The third-order valence-electron chi connectivity index (χ3n) is 1.51. The van der Waals surface area contributed by atoms with Crippen molar-refractivity contribution in [1.82, 2.24) is 4.98 Å². The Morgan fingerprint density at radius 3 is 2.91 bits per heavy atom. The van der Waals surface area contributed by atoms with Crippen LogP contribution in [0.1, 0.15) is 22.8 Å². The van der Waals surface area contributed by atoms with Crippen LogP contribution in [0.15, 0.2) is 12.4 Å². The van der Waals surface area contributed by atoms with Crippen molar-refractivity contribution < 1.29 is 9.53 Å². The van der Waals surface area contributed by atoms with E-state index in [4.69, 9.17) is 4.74 Å².